The minimum absolute atomic E-state index is 0.294. The average Bonchev–Trinajstić information content (AvgIpc) is 2.61. The summed E-state index contributed by atoms with van der Waals surface area (Å²) in [5, 5.41) is 6.49. The van der Waals surface area contributed by atoms with E-state index in [2.05, 4.69) is 27.5 Å². The summed E-state index contributed by atoms with van der Waals surface area (Å²) in [6, 6.07) is 9.55. The zero-order valence-electron chi connectivity index (χ0n) is 14.1. The van der Waals surface area contributed by atoms with Crippen LogP contribution in [0.1, 0.15) is 25.3 Å². The van der Waals surface area contributed by atoms with Crippen LogP contribution in [0, 0.1) is 5.82 Å². The van der Waals surface area contributed by atoms with Crippen LogP contribution < -0.4 is 15.4 Å². The average molecular weight is 330 g/mol. The molecule has 24 heavy (non-hydrogen) atoms. The van der Waals surface area contributed by atoms with E-state index in [1.165, 1.54) is 12.1 Å². The summed E-state index contributed by atoms with van der Waals surface area (Å²) >= 11 is 0. The topological polar surface area (TPSA) is 58.5 Å². The number of ether oxygens (including phenoxy) is 1. The predicted octanol–water partition coefficient (Wildman–Crippen LogP) is 3.48. The molecule has 0 unspecified atom stereocenters. The van der Waals surface area contributed by atoms with Gasteiger partial charge in [0.2, 0.25) is 5.88 Å². The summed E-state index contributed by atoms with van der Waals surface area (Å²) in [4.78, 5) is 8.43. The number of rotatable bonds is 7. The fourth-order valence-electron chi connectivity index (χ4n) is 1.99. The number of nitrogens with zero attached hydrogens (tertiary/aromatic N) is 2. The lowest BCUT2D eigenvalue weighted by atomic mass is 10.3. The van der Waals surface area contributed by atoms with Gasteiger partial charge in [-0.2, -0.15) is 0 Å². The minimum atomic E-state index is -0.294. The smallest absolute Gasteiger partial charge is 0.219 e. The van der Waals surface area contributed by atoms with Crippen molar-refractivity contribution in [1.82, 2.24) is 15.6 Å². The molecule has 0 aliphatic rings. The van der Waals surface area contributed by atoms with Crippen molar-refractivity contribution in [2.75, 3.05) is 13.6 Å². The van der Waals surface area contributed by atoms with Gasteiger partial charge < -0.3 is 15.4 Å². The molecule has 5 nitrogen and oxygen atoms in total. The molecule has 0 saturated heterocycles. The van der Waals surface area contributed by atoms with Crippen LogP contribution in [0.5, 0.6) is 11.6 Å². The summed E-state index contributed by atoms with van der Waals surface area (Å²) < 4.78 is 18.4. The maximum absolute atomic E-state index is 12.9. The Balaban J connectivity index is 1.84. The molecule has 0 radical (unpaired) electrons. The van der Waals surface area contributed by atoms with E-state index in [9.17, 15) is 4.39 Å². The second-order valence-corrected chi connectivity index (χ2v) is 5.27. The van der Waals surface area contributed by atoms with E-state index in [0.717, 1.165) is 30.9 Å². The minimum Gasteiger partial charge on any atom is -0.439 e. The van der Waals surface area contributed by atoms with Gasteiger partial charge in [-0.25, -0.2) is 9.37 Å². The standard InChI is InChI=1S/C18H23FN4O/c1-3-4-11-21-18(20-2)23-13-14-5-10-17(22-12-14)24-16-8-6-15(19)7-9-16/h5-10,12H,3-4,11,13H2,1-2H3,(H2,20,21,23). The molecule has 6 heteroatoms. The van der Waals surface area contributed by atoms with Crippen molar-refractivity contribution in [3.8, 4) is 11.6 Å². The predicted molar refractivity (Wildman–Crippen MR) is 93.8 cm³/mol. The van der Waals surface area contributed by atoms with Gasteiger partial charge >= 0.3 is 0 Å². The van der Waals surface area contributed by atoms with Crippen molar-refractivity contribution >= 4 is 5.96 Å². The Morgan fingerprint density at radius 3 is 2.58 bits per heavy atom. The van der Waals surface area contributed by atoms with Crippen LogP contribution in [0.15, 0.2) is 47.6 Å². The third-order valence-corrected chi connectivity index (χ3v) is 3.34. The van der Waals surface area contributed by atoms with Crippen LogP contribution in [0.25, 0.3) is 0 Å². The van der Waals surface area contributed by atoms with Gasteiger partial charge in [0.1, 0.15) is 11.6 Å². The summed E-state index contributed by atoms with van der Waals surface area (Å²) in [5.41, 5.74) is 1.01. The third kappa shape index (κ3) is 5.87. The normalized spacial score (nSPS) is 11.2. The number of halogens is 1. The number of hydrogen-bond donors (Lipinski definition) is 2. The molecule has 0 spiro atoms. The fraction of sp³-hybridized carbons (Fsp3) is 0.333. The van der Waals surface area contributed by atoms with Gasteiger partial charge in [0.05, 0.1) is 0 Å². The van der Waals surface area contributed by atoms with E-state index in [-0.39, 0.29) is 5.82 Å². The number of benzene rings is 1. The SMILES string of the molecule is CCCCNC(=NC)NCc1ccc(Oc2ccc(F)cc2)nc1. The molecule has 0 aliphatic carbocycles. The van der Waals surface area contributed by atoms with Crippen LogP contribution in [-0.4, -0.2) is 24.5 Å². The molecule has 0 atom stereocenters. The molecular weight excluding hydrogens is 307 g/mol. The molecule has 0 fully saturated rings. The highest BCUT2D eigenvalue weighted by Gasteiger charge is 2.01. The first-order valence-electron chi connectivity index (χ1n) is 8.04. The zero-order valence-corrected chi connectivity index (χ0v) is 14.1. The van der Waals surface area contributed by atoms with Gasteiger partial charge in [0.15, 0.2) is 5.96 Å². The summed E-state index contributed by atoms with van der Waals surface area (Å²) in [5.74, 6) is 1.50. The highest BCUT2D eigenvalue weighted by Crippen LogP contribution is 2.19. The van der Waals surface area contributed by atoms with Crippen LogP contribution in [0.2, 0.25) is 0 Å². The molecule has 0 bridgehead atoms. The Labute approximate surface area is 142 Å². The molecule has 128 valence electrons. The van der Waals surface area contributed by atoms with Crippen molar-refractivity contribution in [3.05, 3.63) is 54.0 Å². The maximum atomic E-state index is 12.9. The Morgan fingerprint density at radius 1 is 1.17 bits per heavy atom. The number of nitrogens with one attached hydrogen (secondary N) is 2. The van der Waals surface area contributed by atoms with E-state index in [1.54, 1.807) is 31.4 Å². The molecule has 0 aliphatic heterocycles. The quantitative estimate of drug-likeness (QED) is 0.464. The van der Waals surface area contributed by atoms with Crippen molar-refractivity contribution in [2.45, 2.75) is 26.3 Å². The Morgan fingerprint density at radius 2 is 1.96 bits per heavy atom. The van der Waals surface area contributed by atoms with Gasteiger partial charge in [-0.05, 0) is 36.2 Å². The molecule has 0 amide bonds. The van der Waals surface area contributed by atoms with Gasteiger partial charge in [-0.15, -0.1) is 0 Å². The van der Waals surface area contributed by atoms with Crippen LogP contribution in [0.3, 0.4) is 0 Å². The second-order valence-electron chi connectivity index (χ2n) is 5.27. The molecule has 2 aromatic rings. The van der Waals surface area contributed by atoms with Crippen molar-refractivity contribution in [1.29, 1.82) is 0 Å². The van der Waals surface area contributed by atoms with Gasteiger partial charge in [-0.1, -0.05) is 19.4 Å². The monoisotopic (exact) mass is 330 g/mol. The summed E-state index contributed by atoms with van der Waals surface area (Å²) in [6.07, 6.45) is 3.99. The molecule has 1 aromatic heterocycles. The maximum Gasteiger partial charge on any atom is 0.219 e. The molecule has 1 aromatic carbocycles. The van der Waals surface area contributed by atoms with Crippen molar-refractivity contribution in [3.63, 3.8) is 0 Å². The van der Waals surface area contributed by atoms with Crippen LogP contribution in [-0.2, 0) is 6.54 Å². The lowest BCUT2D eigenvalue weighted by Gasteiger charge is -2.11. The summed E-state index contributed by atoms with van der Waals surface area (Å²) in [6.45, 7) is 3.67. The first kappa shape index (κ1) is 17.7. The Hall–Kier alpha value is -2.63. The highest BCUT2D eigenvalue weighted by molar-refractivity contribution is 5.79. The first-order chi connectivity index (χ1) is 11.7. The third-order valence-electron chi connectivity index (χ3n) is 3.34. The molecule has 2 rings (SSSR count). The first-order valence-corrected chi connectivity index (χ1v) is 8.04. The largest absolute Gasteiger partial charge is 0.439 e. The van der Waals surface area contributed by atoms with Crippen LogP contribution >= 0.6 is 0 Å². The number of guanidine groups is 1. The Bertz CT molecular complexity index is 641. The van der Waals surface area contributed by atoms with E-state index < -0.39 is 0 Å². The number of pyridine rings is 1. The zero-order chi connectivity index (χ0) is 17.2. The van der Waals surface area contributed by atoms with Gasteiger partial charge in [0, 0.05) is 32.4 Å². The van der Waals surface area contributed by atoms with Gasteiger partial charge in [0.25, 0.3) is 0 Å². The molecule has 1 heterocycles. The van der Waals surface area contributed by atoms with E-state index >= 15 is 0 Å². The van der Waals surface area contributed by atoms with Crippen LogP contribution in [0.4, 0.5) is 4.39 Å². The van der Waals surface area contributed by atoms with Crippen molar-refractivity contribution < 1.29 is 9.13 Å². The molecule has 2 N–H and O–H groups in total. The van der Waals surface area contributed by atoms with E-state index in [0.29, 0.717) is 18.2 Å². The highest BCUT2D eigenvalue weighted by atomic mass is 19.1. The lowest BCUT2D eigenvalue weighted by molar-refractivity contribution is 0.461. The molecular formula is C18H23FN4O. The van der Waals surface area contributed by atoms with Gasteiger partial charge in [-0.3, -0.25) is 4.99 Å². The number of unbranched alkanes of at least 4 members (excludes halogenated alkanes) is 1. The van der Waals surface area contributed by atoms with E-state index in [1.807, 2.05) is 6.07 Å². The second kappa shape index (κ2) is 9.50. The number of aliphatic imine (C=N–C) groups is 1. The Kier molecular flexibility index (Phi) is 7.01. The van der Waals surface area contributed by atoms with E-state index in [4.69, 9.17) is 4.74 Å². The number of aromatic nitrogens is 1. The fourth-order valence-corrected chi connectivity index (χ4v) is 1.99. The number of hydrogen-bond acceptors (Lipinski definition) is 3. The summed E-state index contributed by atoms with van der Waals surface area (Å²) in [7, 11) is 1.75. The molecule has 0 saturated carbocycles. The lowest BCUT2D eigenvalue weighted by Crippen LogP contribution is -2.37. The van der Waals surface area contributed by atoms with Crippen molar-refractivity contribution in [2.24, 2.45) is 4.99 Å².